The maximum Gasteiger partial charge on any atom is 0.256 e. The summed E-state index contributed by atoms with van der Waals surface area (Å²) in [4.78, 5) is 28.7. The summed E-state index contributed by atoms with van der Waals surface area (Å²) < 4.78 is 24.8. The van der Waals surface area contributed by atoms with E-state index >= 15 is 0 Å². The standard InChI is InChI=1S/C21H21FN2O4/c22-17-4-2-1-3-16(17)21(26)24-9-7-23(8-10-24)14-18(25)15-5-6-19-20(13-15)28-12-11-27-19/h1-6,13H,7-12,14H2. The Balaban J connectivity index is 1.34. The van der Waals surface area contributed by atoms with Crippen LogP contribution in [0.15, 0.2) is 42.5 Å². The summed E-state index contributed by atoms with van der Waals surface area (Å²) in [6, 6.07) is 11.2. The minimum Gasteiger partial charge on any atom is -0.486 e. The fraction of sp³-hybridized carbons (Fsp3) is 0.333. The zero-order valence-electron chi connectivity index (χ0n) is 15.4. The first-order chi connectivity index (χ1) is 13.6. The van der Waals surface area contributed by atoms with Gasteiger partial charge in [-0.05, 0) is 30.3 Å². The lowest BCUT2D eigenvalue weighted by molar-refractivity contribution is 0.0620. The average molecular weight is 384 g/mol. The van der Waals surface area contributed by atoms with Gasteiger partial charge in [0.25, 0.3) is 5.91 Å². The Bertz CT molecular complexity index is 894. The number of Topliss-reactive ketones (excluding diaryl/α,β-unsaturated/α-hetero) is 1. The number of ketones is 1. The van der Waals surface area contributed by atoms with Gasteiger partial charge < -0.3 is 14.4 Å². The molecule has 7 heteroatoms. The minimum atomic E-state index is -0.510. The van der Waals surface area contributed by atoms with Gasteiger partial charge in [0.1, 0.15) is 19.0 Å². The summed E-state index contributed by atoms with van der Waals surface area (Å²) in [6.07, 6.45) is 0. The van der Waals surface area contributed by atoms with E-state index in [9.17, 15) is 14.0 Å². The fourth-order valence-electron chi connectivity index (χ4n) is 3.43. The maximum atomic E-state index is 13.8. The van der Waals surface area contributed by atoms with Crippen LogP contribution in [0, 0.1) is 5.82 Å². The molecule has 2 aromatic rings. The number of hydrogen-bond donors (Lipinski definition) is 0. The van der Waals surface area contributed by atoms with Gasteiger partial charge in [-0.3, -0.25) is 14.5 Å². The van der Waals surface area contributed by atoms with Crippen molar-refractivity contribution in [3.05, 3.63) is 59.4 Å². The van der Waals surface area contributed by atoms with E-state index in [0.717, 1.165) is 0 Å². The van der Waals surface area contributed by atoms with E-state index in [-0.39, 0.29) is 23.8 Å². The number of carbonyl (C=O) groups is 2. The Hall–Kier alpha value is -2.93. The van der Waals surface area contributed by atoms with E-state index < -0.39 is 5.82 Å². The highest BCUT2D eigenvalue weighted by Gasteiger charge is 2.25. The van der Waals surface area contributed by atoms with Crippen molar-refractivity contribution >= 4 is 11.7 Å². The van der Waals surface area contributed by atoms with E-state index in [0.29, 0.717) is 56.5 Å². The van der Waals surface area contributed by atoms with Crippen molar-refractivity contribution < 1.29 is 23.5 Å². The minimum absolute atomic E-state index is 0.00847. The number of nitrogens with zero attached hydrogens (tertiary/aromatic N) is 2. The van der Waals surface area contributed by atoms with Gasteiger partial charge in [0.2, 0.25) is 0 Å². The third-order valence-electron chi connectivity index (χ3n) is 5.00. The molecule has 2 aliphatic heterocycles. The predicted octanol–water partition coefficient (Wildman–Crippen LogP) is 2.24. The fourth-order valence-corrected chi connectivity index (χ4v) is 3.43. The first kappa shape index (κ1) is 18.4. The summed E-state index contributed by atoms with van der Waals surface area (Å²) in [6.45, 7) is 3.30. The van der Waals surface area contributed by atoms with Gasteiger partial charge in [-0.15, -0.1) is 0 Å². The Morgan fingerprint density at radius 1 is 0.929 bits per heavy atom. The van der Waals surface area contributed by atoms with Crippen LogP contribution >= 0.6 is 0 Å². The normalized spacial score (nSPS) is 16.7. The quantitative estimate of drug-likeness (QED) is 0.757. The number of benzene rings is 2. The van der Waals surface area contributed by atoms with Gasteiger partial charge >= 0.3 is 0 Å². The molecular formula is C21H21FN2O4. The van der Waals surface area contributed by atoms with Crippen molar-refractivity contribution in [1.29, 1.82) is 0 Å². The number of piperazine rings is 1. The molecule has 1 amide bonds. The lowest BCUT2D eigenvalue weighted by atomic mass is 10.1. The highest BCUT2D eigenvalue weighted by Crippen LogP contribution is 2.30. The lowest BCUT2D eigenvalue weighted by Crippen LogP contribution is -2.50. The molecule has 146 valence electrons. The number of carbonyl (C=O) groups excluding carboxylic acids is 2. The number of amides is 1. The number of hydrogen-bond acceptors (Lipinski definition) is 5. The molecule has 2 aliphatic rings. The second-order valence-electron chi connectivity index (χ2n) is 6.83. The number of halogens is 1. The summed E-state index contributed by atoms with van der Waals surface area (Å²) in [7, 11) is 0. The molecule has 0 atom stereocenters. The van der Waals surface area contributed by atoms with E-state index in [4.69, 9.17) is 9.47 Å². The molecule has 1 saturated heterocycles. The molecule has 28 heavy (non-hydrogen) atoms. The van der Waals surface area contributed by atoms with Crippen molar-refractivity contribution in [2.75, 3.05) is 45.9 Å². The van der Waals surface area contributed by atoms with Crippen LogP contribution < -0.4 is 9.47 Å². The molecule has 2 heterocycles. The largest absolute Gasteiger partial charge is 0.486 e. The highest BCUT2D eigenvalue weighted by molar-refractivity contribution is 5.98. The molecule has 4 rings (SSSR count). The van der Waals surface area contributed by atoms with Crippen LogP contribution in [0.5, 0.6) is 11.5 Å². The molecule has 0 spiro atoms. The average Bonchev–Trinajstić information content (AvgIpc) is 2.74. The first-order valence-electron chi connectivity index (χ1n) is 9.31. The van der Waals surface area contributed by atoms with Gasteiger partial charge in [0, 0.05) is 31.7 Å². The van der Waals surface area contributed by atoms with Crippen LogP contribution in [-0.4, -0.2) is 67.4 Å². The van der Waals surface area contributed by atoms with Crippen LogP contribution in [0.3, 0.4) is 0 Å². The highest BCUT2D eigenvalue weighted by atomic mass is 19.1. The second kappa shape index (κ2) is 7.98. The number of fused-ring (bicyclic) bond motifs is 1. The van der Waals surface area contributed by atoms with E-state index in [1.165, 1.54) is 12.1 Å². The van der Waals surface area contributed by atoms with Crippen LogP contribution in [0.4, 0.5) is 4.39 Å². The topological polar surface area (TPSA) is 59.1 Å². The lowest BCUT2D eigenvalue weighted by Gasteiger charge is -2.34. The van der Waals surface area contributed by atoms with Crippen molar-refractivity contribution in [2.24, 2.45) is 0 Å². The van der Waals surface area contributed by atoms with Crippen LogP contribution in [0.1, 0.15) is 20.7 Å². The molecule has 0 radical (unpaired) electrons. The van der Waals surface area contributed by atoms with E-state index in [1.807, 2.05) is 4.90 Å². The molecule has 0 N–H and O–H groups in total. The summed E-state index contributed by atoms with van der Waals surface area (Å²) in [5.74, 6) is 0.422. The van der Waals surface area contributed by atoms with Crippen molar-refractivity contribution in [1.82, 2.24) is 9.80 Å². The SMILES string of the molecule is O=C(CN1CCN(C(=O)c2ccccc2F)CC1)c1ccc2c(c1)OCCO2. The molecule has 2 aromatic carbocycles. The van der Waals surface area contributed by atoms with E-state index in [2.05, 4.69) is 0 Å². The molecular weight excluding hydrogens is 363 g/mol. The third-order valence-corrected chi connectivity index (χ3v) is 5.00. The second-order valence-corrected chi connectivity index (χ2v) is 6.83. The monoisotopic (exact) mass is 384 g/mol. The first-order valence-corrected chi connectivity index (χ1v) is 9.31. The molecule has 0 bridgehead atoms. The summed E-state index contributed by atoms with van der Waals surface area (Å²) in [5, 5.41) is 0. The Morgan fingerprint density at radius 2 is 1.64 bits per heavy atom. The van der Waals surface area contributed by atoms with Crippen molar-refractivity contribution in [3.63, 3.8) is 0 Å². The van der Waals surface area contributed by atoms with Gasteiger partial charge in [0.15, 0.2) is 17.3 Å². The molecule has 1 fully saturated rings. The molecule has 0 unspecified atom stereocenters. The summed E-state index contributed by atoms with van der Waals surface area (Å²) >= 11 is 0. The van der Waals surface area contributed by atoms with Gasteiger partial charge in [-0.1, -0.05) is 12.1 Å². The van der Waals surface area contributed by atoms with Crippen molar-refractivity contribution in [3.8, 4) is 11.5 Å². The zero-order valence-corrected chi connectivity index (χ0v) is 15.4. The molecule has 0 aliphatic carbocycles. The van der Waals surface area contributed by atoms with Gasteiger partial charge in [0.05, 0.1) is 12.1 Å². The van der Waals surface area contributed by atoms with Gasteiger partial charge in [-0.2, -0.15) is 0 Å². The molecule has 6 nitrogen and oxygen atoms in total. The van der Waals surface area contributed by atoms with Crippen LogP contribution in [0.2, 0.25) is 0 Å². The van der Waals surface area contributed by atoms with Gasteiger partial charge in [-0.25, -0.2) is 4.39 Å². The number of ether oxygens (including phenoxy) is 2. The smallest absolute Gasteiger partial charge is 0.256 e. The Kier molecular flexibility index (Phi) is 5.25. The van der Waals surface area contributed by atoms with Crippen LogP contribution in [0.25, 0.3) is 0 Å². The Labute approximate surface area is 162 Å². The van der Waals surface area contributed by atoms with Crippen molar-refractivity contribution in [2.45, 2.75) is 0 Å². The van der Waals surface area contributed by atoms with E-state index in [1.54, 1.807) is 35.2 Å². The molecule has 0 saturated carbocycles. The number of rotatable bonds is 4. The van der Waals surface area contributed by atoms with Crippen LogP contribution in [-0.2, 0) is 0 Å². The molecule has 0 aromatic heterocycles. The third kappa shape index (κ3) is 3.84. The zero-order chi connectivity index (χ0) is 19.5. The predicted molar refractivity (Wildman–Crippen MR) is 101 cm³/mol. The Morgan fingerprint density at radius 3 is 2.39 bits per heavy atom. The maximum absolute atomic E-state index is 13.8. The summed E-state index contributed by atoms with van der Waals surface area (Å²) in [5.41, 5.74) is 0.664.